The van der Waals surface area contributed by atoms with Crippen LogP contribution in [0.4, 0.5) is 4.39 Å². The molecule has 0 bridgehead atoms. The van der Waals surface area contributed by atoms with Gasteiger partial charge in [-0.2, -0.15) is 11.8 Å². The van der Waals surface area contributed by atoms with Crippen LogP contribution in [0.5, 0.6) is 0 Å². The summed E-state index contributed by atoms with van der Waals surface area (Å²) < 4.78 is 13.8. The Morgan fingerprint density at radius 3 is 2.63 bits per heavy atom. The normalized spacial score (nSPS) is 19.5. The van der Waals surface area contributed by atoms with Crippen molar-refractivity contribution in [2.75, 3.05) is 5.75 Å². The highest BCUT2D eigenvalue weighted by Crippen LogP contribution is 2.30. The molecular formula is C16H15FOS. The smallest absolute Gasteiger partial charge is 0.176 e. The van der Waals surface area contributed by atoms with Crippen molar-refractivity contribution in [1.82, 2.24) is 0 Å². The van der Waals surface area contributed by atoms with Crippen LogP contribution in [0, 0.1) is 5.82 Å². The summed E-state index contributed by atoms with van der Waals surface area (Å²) in [5, 5.41) is 1.32. The number of fused-ring (bicyclic) bond motifs is 1. The van der Waals surface area contributed by atoms with Gasteiger partial charge in [-0.15, -0.1) is 0 Å². The molecule has 0 amide bonds. The number of halogens is 1. The predicted octanol–water partition coefficient (Wildman–Crippen LogP) is 4.45. The van der Waals surface area contributed by atoms with Crippen molar-refractivity contribution >= 4 is 28.3 Å². The minimum absolute atomic E-state index is 0.0441. The third-order valence-corrected chi connectivity index (χ3v) is 4.98. The zero-order chi connectivity index (χ0) is 13.2. The minimum Gasteiger partial charge on any atom is -0.293 e. The molecule has 1 aliphatic heterocycles. The van der Waals surface area contributed by atoms with E-state index in [1.807, 2.05) is 12.1 Å². The van der Waals surface area contributed by atoms with E-state index in [0.29, 0.717) is 10.9 Å². The quantitative estimate of drug-likeness (QED) is 0.753. The van der Waals surface area contributed by atoms with Gasteiger partial charge in [0.2, 0.25) is 0 Å². The lowest BCUT2D eigenvalue weighted by Crippen LogP contribution is -2.21. The molecule has 3 heteroatoms. The number of Topliss-reactive ketones (excluding diaryl/α,β-unsaturated/α-hetero) is 1. The van der Waals surface area contributed by atoms with Crippen molar-refractivity contribution in [3.8, 4) is 0 Å². The van der Waals surface area contributed by atoms with E-state index in [1.54, 1.807) is 30.0 Å². The predicted molar refractivity (Wildman–Crippen MR) is 78.3 cm³/mol. The summed E-state index contributed by atoms with van der Waals surface area (Å²) in [6, 6.07) is 10.3. The van der Waals surface area contributed by atoms with Gasteiger partial charge in [0.15, 0.2) is 5.78 Å². The maximum Gasteiger partial charge on any atom is 0.176 e. The molecule has 1 atom stereocenters. The number of hydrogen-bond donors (Lipinski definition) is 0. The van der Waals surface area contributed by atoms with Crippen LogP contribution in [0.1, 0.15) is 29.6 Å². The summed E-state index contributed by atoms with van der Waals surface area (Å²) in [6.07, 6.45) is 3.25. The highest BCUT2D eigenvalue weighted by Gasteiger charge is 2.24. The first-order valence-corrected chi connectivity index (χ1v) is 7.65. The molecule has 1 heterocycles. The molecule has 3 rings (SSSR count). The Kier molecular flexibility index (Phi) is 3.56. The van der Waals surface area contributed by atoms with E-state index < -0.39 is 0 Å². The fourth-order valence-corrected chi connectivity index (χ4v) is 3.87. The lowest BCUT2D eigenvalue weighted by molar-refractivity contribution is 0.0986. The van der Waals surface area contributed by atoms with Gasteiger partial charge in [-0.05, 0) is 36.1 Å². The van der Waals surface area contributed by atoms with E-state index in [2.05, 4.69) is 0 Å². The molecule has 1 unspecified atom stereocenters. The molecule has 0 spiro atoms. The topological polar surface area (TPSA) is 17.1 Å². The highest BCUT2D eigenvalue weighted by atomic mass is 32.2. The summed E-state index contributed by atoms with van der Waals surface area (Å²) in [4.78, 5) is 12.6. The Balaban J connectivity index is 2.05. The van der Waals surface area contributed by atoms with Gasteiger partial charge >= 0.3 is 0 Å². The Morgan fingerprint density at radius 2 is 1.89 bits per heavy atom. The second kappa shape index (κ2) is 5.33. The van der Waals surface area contributed by atoms with Crippen LogP contribution in [0.3, 0.4) is 0 Å². The zero-order valence-corrected chi connectivity index (χ0v) is 11.4. The van der Waals surface area contributed by atoms with Gasteiger partial charge in [0, 0.05) is 10.9 Å². The van der Waals surface area contributed by atoms with E-state index in [-0.39, 0.29) is 16.9 Å². The average molecular weight is 274 g/mol. The third kappa shape index (κ3) is 2.39. The van der Waals surface area contributed by atoms with Gasteiger partial charge in [0.05, 0.1) is 5.25 Å². The SMILES string of the molecule is O=C(c1ccc(F)c2ccccc12)C1CCCCS1. The Morgan fingerprint density at radius 1 is 1.11 bits per heavy atom. The number of ketones is 1. The Labute approximate surface area is 116 Å². The van der Waals surface area contributed by atoms with E-state index in [9.17, 15) is 9.18 Å². The molecule has 2 aromatic rings. The zero-order valence-electron chi connectivity index (χ0n) is 10.6. The number of hydrogen-bond acceptors (Lipinski definition) is 2. The van der Waals surface area contributed by atoms with Gasteiger partial charge in [-0.1, -0.05) is 30.7 Å². The van der Waals surface area contributed by atoms with E-state index in [1.165, 1.54) is 12.5 Å². The number of thioether (sulfide) groups is 1. The summed E-state index contributed by atoms with van der Waals surface area (Å²) in [7, 11) is 0. The van der Waals surface area contributed by atoms with Gasteiger partial charge < -0.3 is 0 Å². The number of benzene rings is 2. The molecule has 98 valence electrons. The fourth-order valence-electron chi connectivity index (χ4n) is 2.60. The summed E-state index contributed by atoms with van der Waals surface area (Å²) in [5.41, 5.74) is 0.663. The molecular weight excluding hydrogens is 259 g/mol. The van der Waals surface area contributed by atoms with Crippen LogP contribution in [-0.4, -0.2) is 16.8 Å². The lowest BCUT2D eigenvalue weighted by atomic mass is 9.97. The molecule has 1 aliphatic rings. The molecule has 0 aliphatic carbocycles. The number of carbonyl (C=O) groups excluding carboxylic acids is 1. The Bertz CT molecular complexity index is 617. The summed E-state index contributed by atoms with van der Waals surface area (Å²) in [6.45, 7) is 0. The number of rotatable bonds is 2. The summed E-state index contributed by atoms with van der Waals surface area (Å²) in [5.74, 6) is 0.944. The van der Waals surface area contributed by atoms with Crippen LogP contribution in [-0.2, 0) is 0 Å². The standard InChI is InChI=1S/C16H15FOS/c17-14-9-8-13(11-5-1-2-6-12(11)14)16(18)15-7-3-4-10-19-15/h1-2,5-6,8-9,15H,3-4,7,10H2. The van der Waals surface area contributed by atoms with Crippen molar-refractivity contribution < 1.29 is 9.18 Å². The molecule has 0 N–H and O–H groups in total. The van der Waals surface area contributed by atoms with Crippen molar-refractivity contribution in [2.45, 2.75) is 24.5 Å². The maximum atomic E-state index is 13.8. The first-order valence-electron chi connectivity index (χ1n) is 6.60. The van der Waals surface area contributed by atoms with Crippen LogP contribution in [0.25, 0.3) is 10.8 Å². The van der Waals surface area contributed by atoms with Crippen LogP contribution >= 0.6 is 11.8 Å². The average Bonchev–Trinajstić information content (AvgIpc) is 2.48. The van der Waals surface area contributed by atoms with Gasteiger partial charge in [-0.3, -0.25) is 4.79 Å². The lowest BCUT2D eigenvalue weighted by Gasteiger charge is -2.20. The third-order valence-electron chi connectivity index (χ3n) is 3.61. The molecule has 0 aromatic heterocycles. The van der Waals surface area contributed by atoms with Crippen molar-refractivity contribution in [2.24, 2.45) is 0 Å². The molecule has 1 nitrogen and oxygen atoms in total. The van der Waals surface area contributed by atoms with Gasteiger partial charge in [0.1, 0.15) is 5.82 Å². The van der Waals surface area contributed by atoms with E-state index in [4.69, 9.17) is 0 Å². The van der Waals surface area contributed by atoms with Crippen molar-refractivity contribution in [3.63, 3.8) is 0 Å². The van der Waals surface area contributed by atoms with Crippen LogP contribution in [0.15, 0.2) is 36.4 Å². The fraction of sp³-hybridized carbons (Fsp3) is 0.312. The molecule has 0 radical (unpaired) electrons. The monoisotopic (exact) mass is 274 g/mol. The molecule has 19 heavy (non-hydrogen) atoms. The molecule has 0 saturated carbocycles. The second-order valence-electron chi connectivity index (χ2n) is 4.86. The van der Waals surface area contributed by atoms with E-state index in [0.717, 1.165) is 24.0 Å². The van der Waals surface area contributed by atoms with Crippen LogP contribution in [0.2, 0.25) is 0 Å². The van der Waals surface area contributed by atoms with E-state index >= 15 is 0 Å². The van der Waals surface area contributed by atoms with Crippen LogP contribution < -0.4 is 0 Å². The van der Waals surface area contributed by atoms with Crippen molar-refractivity contribution in [1.29, 1.82) is 0 Å². The first-order chi connectivity index (χ1) is 9.27. The second-order valence-corrected chi connectivity index (χ2v) is 6.17. The van der Waals surface area contributed by atoms with Gasteiger partial charge in [-0.25, -0.2) is 4.39 Å². The molecule has 1 saturated heterocycles. The largest absolute Gasteiger partial charge is 0.293 e. The minimum atomic E-state index is -0.261. The maximum absolute atomic E-state index is 13.8. The molecule has 1 fully saturated rings. The Hall–Kier alpha value is -1.35. The van der Waals surface area contributed by atoms with Gasteiger partial charge in [0.25, 0.3) is 0 Å². The first kappa shape index (κ1) is 12.7. The number of carbonyl (C=O) groups is 1. The molecule has 2 aromatic carbocycles. The van der Waals surface area contributed by atoms with Crippen molar-refractivity contribution in [3.05, 3.63) is 47.8 Å². The highest BCUT2D eigenvalue weighted by molar-refractivity contribution is 8.00. The summed E-state index contributed by atoms with van der Waals surface area (Å²) >= 11 is 1.74.